The molecule has 3 aromatic rings. The molecular weight excluding hydrogens is 650 g/mol. The summed E-state index contributed by atoms with van der Waals surface area (Å²) in [6.07, 6.45) is 7.58. The maximum absolute atomic E-state index is 14.1. The predicted octanol–water partition coefficient (Wildman–Crippen LogP) is 3.16. The number of pyridine rings is 1. The molecule has 0 bridgehead atoms. The van der Waals surface area contributed by atoms with Crippen molar-refractivity contribution in [3.63, 3.8) is 0 Å². The van der Waals surface area contributed by atoms with Gasteiger partial charge in [-0.25, -0.2) is 9.37 Å². The number of carbonyl (C=O) groups is 1. The number of methoxy groups -OCH3 is 2. The van der Waals surface area contributed by atoms with E-state index in [2.05, 4.69) is 20.6 Å². The highest BCUT2D eigenvalue weighted by Gasteiger charge is 2.45. The molecule has 4 N–H and O–H groups in total. The summed E-state index contributed by atoms with van der Waals surface area (Å²) in [6.45, 7) is 0.959. The van der Waals surface area contributed by atoms with E-state index < -0.39 is 29.0 Å². The van der Waals surface area contributed by atoms with E-state index in [-0.39, 0.29) is 37.9 Å². The molecule has 0 radical (unpaired) electrons. The molecule has 2 atom stereocenters. The maximum atomic E-state index is 14.1. The number of nitrogens with one attached hydrogen (secondary N) is 2. The predicted molar refractivity (Wildman–Crippen MR) is 176 cm³/mol. The third-order valence-electron chi connectivity index (χ3n) is 8.16. The molecule has 5 rings (SSSR count). The highest BCUT2D eigenvalue weighted by atomic mass is 35.5. The summed E-state index contributed by atoms with van der Waals surface area (Å²) in [7, 11) is 3.01. The van der Waals surface area contributed by atoms with Crippen molar-refractivity contribution in [2.75, 3.05) is 40.5 Å². The van der Waals surface area contributed by atoms with Crippen LogP contribution in [0.4, 0.5) is 4.39 Å². The number of alkyl halides is 2. The molecule has 3 heterocycles. The van der Waals surface area contributed by atoms with E-state index >= 15 is 0 Å². The Morgan fingerprint density at radius 1 is 1.17 bits per heavy atom. The van der Waals surface area contributed by atoms with Crippen molar-refractivity contribution in [2.24, 2.45) is 0 Å². The molecule has 1 aliphatic heterocycles. The van der Waals surface area contributed by atoms with E-state index in [1.54, 1.807) is 30.5 Å². The van der Waals surface area contributed by atoms with E-state index in [0.717, 1.165) is 5.56 Å². The minimum atomic E-state index is -1.43. The molecular formula is C33H37Cl2FN6O5. The lowest BCUT2D eigenvalue weighted by atomic mass is 9.80. The van der Waals surface area contributed by atoms with Crippen LogP contribution in [0.1, 0.15) is 38.6 Å². The van der Waals surface area contributed by atoms with Crippen LogP contribution in [-0.4, -0.2) is 94.1 Å². The zero-order valence-electron chi connectivity index (χ0n) is 26.0. The second-order valence-electron chi connectivity index (χ2n) is 11.4. The minimum Gasteiger partial charge on any atom is -0.480 e. The van der Waals surface area contributed by atoms with Crippen LogP contribution < -0.4 is 15.4 Å². The molecule has 1 saturated heterocycles. The standard InChI is InChI=1S/C33H37Cl2FN6O5/c1-46-19-20-10-27(38-12-21(20)11-37-23(17-43)18-44)31(45)41-33(9-5-7-25(30(33)35)24-6-3-4-8-26(24)34)29-13-39-28(32(40-29)47-2)16-42-14-22(36)15-42/h3-10,12-13,22-23,30,37,43-44H,11,14-19H2,1-2H3,(H,41,45). The molecule has 1 aliphatic carbocycles. The maximum Gasteiger partial charge on any atom is 0.270 e. The molecule has 2 aromatic heterocycles. The number of halogens is 3. The number of ether oxygens (including phenoxy) is 2. The Bertz CT molecular complexity index is 1630. The number of hydrogen-bond donors (Lipinski definition) is 4. The van der Waals surface area contributed by atoms with Crippen LogP contribution in [0.2, 0.25) is 5.02 Å². The summed E-state index contributed by atoms with van der Waals surface area (Å²) < 4.78 is 24.5. The van der Waals surface area contributed by atoms with Gasteiger partial charge in [0.2, 0.25) is 5.88 Å². The third kappa shape index (κ3) is 7.65. The number of allylic oxidation sites excluding steroid dienone is 2. The number of amides is 1. The van der Waals surface area contributed by atoms with Crippen LogP contribution in [0.3, 0.4) is 0 Å². The normalized spacial score (nSPS) is 19.8. The van der Waals surface area contributed by atoms with Crippen molar-refractivity contribution in [1.82, 2.24) is 30.5 Å². The lowest BCUT2D eigenvalue weighted by Crippen LogP contribution is -2.53. The number of benzene rings is 1. The number of hydrogen-bond acceptors (Lipinski definition) is 10. The topological polar surface area (TPSA) is 142 Å². The van der Waals surface area contributed by atoms with Gasteiger partial charge in [-0.2, -0.15) is 0 Å². The van der Waals surface area contributed by atoms with Crippen LogP contribution >= 0.6 is 23.2 Å². The summed E-state index contributed by atoms with van der Waals surface area (Å²) in [5.41, 5.74) is 2.26. The smallest absolute Gasteiger partial charge is 0.270 e. The Balaban J connectivity index is 1.52. The Kier molecular flexibility index (Phi) is 11.6. The summed E-state index contributed by atoms with van der Waals surface area (Å²) in [5, 5.41) is 24.6. The Morgan fingerprint density at radius 2 is 1.94 bits per heavy atom. The molecule has 2 aliphatic rings. The molecule has 0 saturated carbocycles. The van der Waals surface area contributed by atoms with Crippen LogP contribution in [0.15, 0.2) is 61.0 Å². The van der Waals surface area contributed by atoms with Gasteiger partial charge in [-0.15, -0.1) is 11.6 Å². The van der Waals surface area contributed by atoms with Crippen LogP contribution in [0, 0.1) is 0 Å². The van der Waals surface area contributed by atoms with Crippen LogP contribution in [0.5, 0.6) is 5.88 Å². The fourth-order valence-corrected chi connectivity index (χ4v) is 6.21. The molecule has 11 nitrogen and oxygen atoms in total. The second kappa shape index (κ2) is 15.6. The highest BCUT2D eigenvalue weighted by Crippen LogP contribution is 2.43. The van der Waals surface area contributed by atoms with E-state index in [4.69, 9.17) is 37.7 Å². The van der Waals surface area contributed by atoms with Crippen molar-refractivity contribution < 1.29 is 28.9 Å². The highest BCUT2D eigenvalue weighted by molar-refractivity contribution is 6.34. The number of nitrogens with zero attached hydrogens (tertiary/aromatic N) is 4. The first kappa shape index (κ1) is 34.8. The van der Waals surface area contributed by atoms with Gasteiger partial charge in [0.05, 0.1) is 50.2 Å². The van der Waals surface area contributed by atoms with Crippen LogP contribution in [0.25, 0.3) is 5.57 Å². The van der Waals surface area contributed by atoms with Gasteiger partial charge < -0.3 is 30.3 Å². The van der Waals surface area contributed by atoms with Crippen molar-refractivity contribution in [3.05, 3.63) is 99.7 Å². The van der Waals surface area contributed by atoms with Crippen molar-refractivity contribution in [3.8, 4) is 5.88 Å². The molecule has 1 fully saturated rings. The number of aliphatic hydroxyl groups is 2. The first-order valence-electron chi connectivity index (χ1n) is 15.0. The minimum absolute atomic E-state index is 0.0993. The van der Waals surface area contributed by atoms with Gasteiger partial charge in [-0.1, -0.05) is 48.0 Å². The van der Waals surface area contributed by atoms with E-state index in [0.29, 0.717) is 52.7 Å². The monoisotopic (exact) mass is 686 g/mol. The van der Waals surface area contributed by atoms with Gasteiger partial charge in [0.15, 0.2) is 0 Å². The molecule has 2 unspecified atom stereocenters. The first-order chi connectivity index (χ1) is 22.7. The van der Waals surface area contributed by atoms with Gasteiger partial charge in [-0.3, -0.25) is 19.7 Å². The van der Waals surface area contributed by atoms with Gasteiger partial charge in [-0.05, 0) is 34.4 Å². The van der Waals surface area contributed by atoms with E-state index in [1.807, 2.05) is 29.2 Å². The summed E-state index contributed by atoms with van der Waals surface area (Å²) in [4.78, 5) is 29.8. The molecule has 1 aromatic carbocycles. The summed E-state index contributed by atoms with van der Waals surface area (Å²) in [5.74, 6) is -0.313. The van der Waals surface area contributed by atoms with Gasteiger partial charge in [0, 0.05) is 44.5 Å². The van der Waals surface area contributed by atoms with Crippen molar-refractivity contribution in [1.29, 1.82) is 0 Å². The second-order valence-corrected chi connectivity index (χ2v) is 12.2. The first-order valence-corrected chi connectivity index (χ1v) is 15.8. The lowest BCUT2D eigenvalue weighted by Gasteiger charge is -2.39. The molecule has 47 heavy (non-hydrogen) atoms. The largest absolute Gasteiger partial charge is 0.480 e. The third-order valence-corrected chi connectivity index (χ3v) is 9.07. The Hall–Kier alpha value is -3.49. The number of carbonyl (C=O) groups excluding carboxylic acids is 1. The summed E-state index contributed by atoms with van der Waals surface area (Å²) in [6, 6.07) is 8.38. The molecule has 1 amide bonds. The van der Waals surface area contributed by atoms with Crippen molar-refractivity contribution in [2.45, 2.75) is 42.8 Å². The quantitative estimate of drug-likeness (QED) is 0.187. The van der Waals surface area contributed by atoms with Gasteiger partial charge in [0.25, 0.3) is 5.91 Å². The number of aliphatic hydroxyl groups excluding tert-OH is 2. The number of likely N-dealkylation sites (tertiary alicyclic amines) is 1. The van der Waals surface area contributed by atoms with Gasteiger partial charge in [0.1, 0.15) is 23.1 Å². The molecule has 0 spiro atoms. The number of rotatable bonds is 14. The Labute approximate surface area is 282 Å². The summed E-state index contributed by atoms with van der Waals surface area (Å²) >= 11 is 13.9. The number of aromatic nitrogens is 3. The fraction of sp³-hybridized carbons (Fsp3) is 0.394. The van der Waals surface area contributed by atoms with E-state index in [9.17, 15) is 19.4 Å². The van der Waals surface area contributed by atoms with E-state index in [1.165, 1.54) is 20.4 Å². The van der Waals surface area contributed by atoms with Crippen molar-refractivity contribution >= 4 is 34.7 Å². The fourth-order valence-electron chi connectivity index (χ4n) is 5.53. The molecule has 14 heteroatoms. The lowest BCUT2D eigenvalue weighted by molar-refractivity contribution is 0.0571. The average molecular weight is 688 g/mol. The Morgan fingerprint density at radius 3 is 2.62 bits per heavy atom. The zero-order valence-corrected chi connectivity index (χ0v) is 27.5. The van der Waals surface area contributed by atoms with Crippen LogP contribution in [-0.2, 0) is 30.0 Å². The SMILES string of the molecule is COCc1cc(C(=O)NC2(c3cnc(CN4CC(F)C4)c(OC)n3)C=CC=C(c3ccccc3Cl)C2Cl)ncc1CNC(CO)CO. The molecule has 250 valence electrons. The average Bonchev–Trinajstić information content (AvgIpc) is 3.06. The zero-order chi connectivity index (χ0) is 33.6. The van der Waals surface area contributed by atoms with Gasteiger partial charge >= 0.3 is 0 Å².